The Labute approximate surface area is 220 Å². The van der Waals surface area contributed by atoms with Crippen molar-refractivity contribution in [3.05, 3.63) is 65.2 Å². The van der Waals surface area contributed by atoms with Gasteiger partial charge < -0.3 is 24.4 Å². The predicted molar refractivity (Wildman–Crippen MR) is 146 cm³/mol. The third-order valence-corrected chi connectivity index (χ3v) is 6.63. The van der Waals surface area contributed by atoms with Gasteiger partial charge in [0.15, 0.2) is 0 Å². The van der Waals surface area contributed by atoms with Gasteiger partial charge in [0, 0.05) is 18.7 Å². The van der Waals surface area contributed by atoms with Crippen molar-refractivity contribution in [2.75, 3.05) is 39.4 Å². The van der Waals surface area contributed by atoms with Crippen molar-refractivity contribution in [3.8, 4) is 11.5 Å². The zero-order valence-corrected chi connectivity index (χ0v) is 22.5. The van der Waals surface area contributed by atoms with Crippen LogP contribution in [-0.4, -0.2) is 66.0 Å². The van der Waals surface area contributed by atoms with Crippen LogP contribution in [0.15, 0.2) is 54.1 Å². The number of aliphatic hydroxyl groups is 1. The second-order valence-corrected chi connectivity index (χ2v) is 9.17. The van der Waals surface area contributed by atoms with E-state index < -0.39 is 17.7 Å². The zero-order chi connectivity index (χ0) is 26.8. The van der Waals surface area contributed by atoms with Gasteiger partial charge in [-0.3, -0.25) is 9.59 Å². The quantitative estimate of drug-likeness (QED) is 0.159. The minimum absolute atomic E-state index is 0.0949. The number of ether oxygens (including phenoxy) is 2. The number of aliphatic hydroxyl groups excluding tert-OH is 1. The Morgan fingerprint density at radius 3 is 2.27 bits per heavy atom. The average molecular weight is 509 g/mol. The van der Waals surface area contributed by atoms with E-state index in [1.807, 2.05) is 37.3 Å². The van der Waals surface area contributed by atoms with Gasteiger partial charge in [-0.05, 0) is 55.8 Å². The number of likely N-dealkylation sites (N-methyl/N-ethyl adjacent to an activating group) is 1. The van der Waals surface area contributed by atoms with E-state index in [9.17, 15) is 14.7 Å². The molecular weight excluding hydrogens is 468 g/mol. The van der Waals surface area contributed by atoms with Crippen LogP contribution in [0.2, 0.25) is 0 Å². The Bertz CT molecular complexity index is 1080. The molecule has 0 saturated carbocycles. The largest absolute Gasteiger partial charge is 0.507 e. The molecule has 0 aromatic heterocycles. The lowest BCUT2D eigenvalue weighted by atomic mass is 9.95. The zero-order valence-electron chi connectivity index (χ0n) is 22.5. The third kappa shape index (κ3) is 6.92. The van der Waals surface area contributed by atoms with Crippen LogP contribution in [0.3, 0.4) is 0 Å². The molecule has 1 fully saturated rings. The van der Waals surface area contributed by atoms with E-state index in [4.69, 9.17) is 9.47 Å². The molecule has 1 heterocycles. The van der Waals surface area contributed by atoms with E-state index in [2.05, 4.69) is 25.7 Å². The highest BCUT2D eigenvalue weighted by Crippen LogP contribution is 2.40. The minimum atomic E-state index is -0.694. The molecule has 1 atom stereocenters. The highest BCUT2D eigenvalue weighted by Gasteiger charge is 2.46. The van der Waals surface area contributed by atoms with Crippen LogP contribution in [0.5, 0.6) is 11.5 Å². The average Bonchev–Trinajstić information content (AvgIpc) is 3.17. The van der Waals surface area contributed by atoms with Gasteiger partial charge in [-0.15, -0.1) is 0 Å². The molecule has 1 aliphatic heterocycles. The van der Waals surface area contributed by atoms with Crippen LogP contribution < -0.4 is 9.47 Å². The predicted octanol–water partition coefficient (Wildman–Crippen LogP) is 5.42. The summed E-state index contributed by atoms with van der Waals surface area (Å²) in [5, 5.41) is 11.4. The number of carbonyl (C=O) groups is 2. The van der Waals surface area contributed by atoms with Crippen molar-refractivity contribution >= 4 is 17.4 Å². The minimum Gasteiger partial charge on any atom is -0.507 e. The van der Waals surface area contributed by atoms with Gasteiger partial charge in [0.2, 0.25) is 0 Å². The van der Waals surface area contributed by atoms with Crippen molar-refractivity contribution in [1.29, 1.82) is 0 Å². The Morgan fingerprint density at radius 1 is 0.919 bits per heavy atom. The molecule has 0 spiro atoms. The third-order valence-electron chi connectivity index (χ3n) is 6.63. The number of hydrogen-bond acceptors (Lipinski definition) is 6. The van der Waals surface area contributed by atoms with Gasteiger partial charge in [-0.1, -0.05) is 58.4 Å². The normalized spacial score (nSPS) is 17.0. The number of carbonyl (C=O) groups excluding carboxylic acids is 2. The van der Waals surface area contributed by atoms with E-state index in [0.717, 1.165) is 43.7 Å². The fourth-order valence-electron chi connectivity index (χ4n) is 4.44. The van der Waals surface area contributed by atoms with Crippen molar-refractivity contribution in [2.24, 2.45) is 0 Å². The SMILES string of the molecule is CCCCOc1cccc(C(O)=C2C(=O)C(=O)N(CCN(CC)CC)C2c2ccc(OCCC)cc2)c1. The maximum absolute atomic E-state index is 13.3. The highest BCUT2D eigenvalue weighted by atomic mass is 16.5. The molecule has 37 heavy (non-hydrogen) atoms. The lowest BCUT2D eigenvalue weighted by Crippen LogP contribution is -2.38. The van der Waals surface area contributed by atoms with Crippen LogP contribution in [0.4, 0.5) is 0 Å². The van der Waals surface area contributed by atoms with Crippen LogP contribution in [-0.2, 0) is 9.59 Å². The summed E-state index contributed by atoms with van der Waals surface area (Å²) in [6, 6.07) is 13.8. The Morgan fingerprint density at radius 2 is 1.62 bits per heavy atom. The fraction of sp³-hybridized carbons (Fsp3) is 0.467. The summed E-state index contributed by atoms with van der Waals surface area (Å²) < 4.78 is 11.5. The Balaban J connectivity index is 2.02. The van der Waals surface area contributed by atoms with Crippen LogP contribution in [0.25, 0.3) is 5.76 Å². The molecule has 2 aromatic carbocycles. The number of Topliss-reactive ketones (excluding diaryl/α,β-unsaturated/α-hetero) is 1. The molecule has 1 saturated heterocycles. The molecule has 2 aromatic rings. The van der Waals surface area contributed by atoms with Crippen molar-refractivity contribution in [3.63, 3.8) is 0 Å². The molecular formula is C30H40N2O5. The number of amides is 1. The van der Waals surface area contributed by atoms with Crippen molar-refractivity contribution in [2.45, 2.75) is 53.0 Å². The Kier molecular flexibility index (Phi) is 10.6. The second kappa shape index (κ2) is 13.8. The molecule has 1 N–H and O–H groups in total. The first-order valence-corrected chi connectivity index (χ1v) is 13.4. The smallest absolute Gasteiger partial charge is 0.295 e. The lowest BCUT2D eigenvalue weighted by molar-refractivity contribution is -0.140. The number of nitrogens with zero attached hydrogens (tertiary/aromatic N) is 2. The highest BCUT2D eigenvalue weighted by molar-refractivity contribution is 6.46. The molecule has 1 aliphatic rings. The standard InChI is InChI=1S/C30H40N2O5/c1-5-9-20-37-25-12-10-11-23(21-25)28(33)26-27(22-13-15-24(16-14-22)36-19-6-2)32(30(35)29(26)34)18-17-31(7-3)8-4/h10-16,21,27,33H,5-9,17-20H2,1-4H3. The molecule has 0 bridgehead atoms. The van der Waals surface area contributed by atoms with Gasteiger partial charge in [0.25, 0.3) is 11.7 Å². The molecule has 7 nitrogen and oxygen atoms in total. The lowest BCUT2D eigenvalue weighted by Gasteiger charge is -2.28. The molecule has 1 unspecified atom stereocenters. The summed E-state index contributed by atoms with van der Waals surface area (Å²) in [5.74, 6) is -0.128. The summed E-state index contributed by atoms with van der Waals surface area (Å²) in [4.78, 5) is 30.3. The molecule has 200 valence electrons. The first kappa shape index (κ1) is 28.3. The second-order valence-electron chi connectivity index (χ2n) is 9.17. The summed E-state index contributed by atoms with van der Waals surface area (Å²) in [6.07, 6.45) is 2.83. The maximum atomic E-state index is 13.3. The van der Waals surface area contributed by atoms with Crippen LogP contribution in [0, 0.1) is 0 Å². The summed E-state index contributed by atoms with van der Waals surface area (Å²) >= 11 is 0. The molecule has 0 aliphatic carbocycles. The molecule has 3 rings (SSSR count). The number of hydrogen-bond donors (Lipinski definition) is 1. The fourth-order valence-corrected chi connectivity index (χ4v) is 4.44. The molecule has 1 amide bonds. The van der Waals surface area contributed by atoms with E-state index in [1.54, 1.807) is 23.1 Å². The Hall–Kier alpha value is -3.32. The summed E-state index contributed by atoms with van der Waals surface area (Å²) in [6.45, 7) is 12.2. The molecule has 7 heteroatoms. The summed E-state index contributed by atoms with van der Waals surface area (Å²) in [7, 11) is 0. The number of rotatable bonds is 14. The molecule has 0 radical (unpaired) electrons. The monoisotopic (exact) mass is 508 g/mol. The maximum Gasteiger partial charge on any atom is 0.295 e. The number of likely N-dealkylation sites (tertiary alicyclic amines) is 1. The van der Waals surface area contributed by atoms with Crippen molar-refractivity contribution < 1.29 is 24.2 Å². The number of benzene rings is 2. The topological polar surface area (TPSA) is 79.3 Å². The van der Waals surface area contributed by atoms with E-state index in [1.165, 1.54) is 0 Å². The van der Waals surface area contributed by atoms with Crippen LogP contribution in [0.1, 0.15) is 64.1 Å². The first-order chi connectivity index (χ1) is 17.9. The number of unbranched alkanes of at least 4 members (excludes halogenated alkanes) is 1. The van der Waals surface area contributed by atoms with E-state index in [0.29, 0.717) is 37.6 Å². The van der Waals surface area contributed by atoms with Gasteiger partial charge in [0.1, 0.15) is 17.3 Å². The van der Waals surface area contributed by atoms with Crippen molar-refractivity contribution in [1.82, 2.24) is 9.80 Å². The number of ketones is 1. The van der Waals surface area contributed by atoms with Gasteiger partial charge >= 0.3 is 0 Å². The van der Waals surface area contributed by atoms with Gasteiger partial charge in [-0.25, -0.2) is 0 Å². The van der Waals surface area contributed by atoms with E-state index in [-0.39, 0.29) is 11.3 Å². The first-order valence-electron chi connectivity index (χ1n) is 13.4. The van der Waals surface area contributed by atoms with Crippen LogP contribution >= 0.6 is 0 Å². The van der Waals surface area contributed by atoms with E-state index >= 15 is 0 Å². The van der Waals surface area contributed by atoms with Gasteiger partial charge in [-0.2, -0.15) is 0 Å². The summed E-state index contributed by atoms with van der Waals surface area (Å²) in [5.41, 5.74) is 1.29. The van der Waals surface area contributed by atoms with Gasteiger partial charge in [0.05, 0.1) is 24.8 Å².